The van der Waals surface area contributed by atoms with Gasteiger partial charge < -0.3 is 14.4 Å². The molecule has 146 valence electrons. The van der Waals surface area contributed by atoms with Crippen molar-refractivity contribution >= 4 is 23.6 Å². The molecule has 2 atom stereocenters. The summed E-state index contributed by atoms with van der Waals surface area (Å²) >= 11 is 0. The molecule has 0 spiro atoms. The number of carbonyl (C=O) groups excluding carboxylic acids is 2. The van der Waals surface area contributed by atoms with E-state index < -0.39 is 12.1 Å². The van der Waals surface area contributed by atoms with Gasteiger partial charge in [0.05, 0.1) is 6.61 Å². The van der Waals surface area contributed by atoms with Gasteiger partial charge in [-0.3, -0.25) is 4.79 Å². The van der Waals surface area contributed by atoms with Gasteiger partial charge in [-0.1, -0.05) is 30.3 Å². The molecule has 1 aliphatic heterocycles. The zero-order valence-corrected chi connectivity index (χ0v) is 16.4. The monoisotopic (exact) mass is 379 g/mol. The highest BCUT2D eigenvalue weighted by molar-refractivity contribution is 6.00. The lowest BCUT2D eigenvalue weighted by Gasteiger charge is -2.25. The first-order valence-corrected chi connectivity index (χ1v) is 9.52. The van der Waals surface area contributed by atoms with E-state index in [-0.39, 0.29) is 11.9 Å². The second kappa shape index (κ2) is 8.74. The summed E-state index contributed by atoms with van der Waals surface area (Å²) in [5, 5.41) is 0. The molecule has 1 aliphatic rings. The molecule has 0 unspecified atom stereocenters. The number of benzene rings is 2. The molecule has 1 heterocycles. The van der Waals surface area contributed by atoms with Crippen molar-refractivity contribution in [3.05, 3.63) is 65.7 Å². The summed E-state index contributed by atoms with van der Waals surface area (Å²) in [5.41, 5.74) is 2.88. The topological polar surface area (TPSA) is 55.8 Å². The maximum absolute atomic E-state index is 12.8. The number of fused-ring (bicyclic) bond motifs is 1. The van der Waals surface area contributed by atoms with Crippen LogP contribution in [-0.4, -0.2) is 30.6 Å². The predicted molar refractivity (Wildman–Crippen MR) is 109 cm³/mol. The second-order valence-electron chi connectivity index (χ2n) is 6.80. The number of hydrogen-bond acceptors (Lipinski definition) is 4. The van der Waals surface area contributed by atoms with E-state index in [2.05, 4.69) is 0 Å². The fourth-order valence-corrected chi connectivity index (χ4v) is 3.37. The number of para-hydroxylation sites is 1. The first-order valence-electron chi connectivity index (χ1n) is 9.52. The first-order chi connectivity index (χ1) is 13.5. The molecule has 2 aromatic rings. The van der Waals surface area contributed by atoms with Crippen molar-refractivity contribution in [3.63, 3.8) is 0 Å². The van der Waals surface area contributed by atoms with Crippen LogP contribution in [0.1, 0.15) is 31.9 Å². The van der Waals surface area contributed by atoms with E-state index in [1.165, 1.54) is 6.08 Å². The first kappa shape index (κ1) is 19.7. The van der Waals surface area contributed by atoms with Crippen molar-refractivity contribution in [2.45, 2.75) is 39.3 Å². The average molecular weight is 379 g/mol. The summed E-state index contributed by atoms with van der Waals surface area (Å²) < 4.78 is 10.7. The third-order valence-corrected chi connectivity index (χ3v) is 4.69. The van der Waals surface area contributed by atoms with E-state index in [1.807, 2.05) is 62.4 Å². The van der Waals surface area contributed by atoms with Gasteiger partial charge in [0.2, 0.25) is 0 Å². The van der Waals surface area contributed by atoms with E-state index in [0.717, 1.165) is 29.0 Å². The minimum atomic E-state index is -0.855. The molecule has 0 fully saturated rings. The van der Waals surface area contributed by atoms with Crippen LogP contribution in [-0.2, 0) is 20.7 Å². The largest absolute Gasteiger partial charge is 0.494 e. The quantitative estimate of drug-likeness (QED) is 0.562. The molecule has 28 heavy (non-hydrogen) atoms. The van der Waals surface area contributed by atoms with Crippen molar-refractivity contribution < 1.29 is 19.1 Å². The number of hydrogen-bond donors (Lipinski definition) is 0. The number of ether oxygens (including phenoxy) is 2. The van der Waals surface area contributed by atoms with Crippen molar-refractivity contribution in [1.82, 2.24) is 0 Å². The van der Waals surface area contributed by atoms with Gasteiger partial charge in [-0.15, -0.1) is 0 Å². The van der Waals surface area contributed by atoms with Gasteiger partial charge in [0, 0.05) is 17.8 Å². The molecule has 0 aromatic heterocycles. The summed E-state index contributed by atoms with van der Waals surface area (Å²) in [7, 11) is 0. The minimum Gasteiger partial charge on any atom is -0.494 e. The fourth-order valence-electron chi connectivity index (χ4n) is 3.37. The van der Waals surface area contributed by atoms with Crippen molar-refractivity contribution in [1.29, 1.82) is 0 Å². The van der Waals surface area contributed by atoms with Crippen LogP contribution < -0.4 is 9.64 Å². The van der Waals surface area contributed by atoms with Crippen LogP contribution in [0, 0.1) is 0 Å². The fraction of sp³-hybridized carbons (Fsp3) is 0.304. The predicted octanol–water partition coefficient (Wildman–Crippen LogP) is 4.01. The van der Waals surface area contributed by atoms with Crippen LogP contribution in [0.4, 0.5) is 5.69 Å². The smallest absolute Gasteiger partial charge is 0.331 e. The lowest BCUT2D eigenvalue weighted by molar-refractivity contribution is -0.149. The molecule has 0 aliphatic carbocycles. The van der Waals surface area contributed by atoms with E-state index in [1.54, 1.807) is 17.9 Å². The van der Waals surface area contributed by atoms with Crippen molar-refractivity contribution in [3.8, 4) is 5.75 Å². The van der Waals surface area contributed by atoms with Gasteiger partial charge in [0.25, 0.3) is 5.91 Å². The standard InChI is InChI=1S/C23H25NO4/c1-4-27-20-12-9-18(10-13-20)11-14-22(25)28-17(3)23(26)24-16(2)15-19-7-5-6-8-21(19)24/h5-14,16-17H,4,15H2,1-3H3/b14-11+/t16-,17+/m1/s1. The van der Waals surface area contributed by atoms with Crippen LogP contribution in [0.3, 0.4) is 0 Å². The summed E-state index contributed by atoms with van der Waals surface area (Å²) in [5.74, 6) is 0.0246. The number of carbonyl (C=O) groups is 2. The molecule has 3 rings (SSSR count). The van der Waals surface area contributed by atoms with Crippen LogP contribution in [0.15, 0.2) is 54.6 Å². The normalized spacial score (nSPS) is 16.7. The molecular weight excluding hydrogens is 354 g/mol. The Balaban J connectivity index is 1.60. The average Bonchev–Trinajstić information content (AvgIpc) is 3.02. The van der Waals surface area contributed by atoms with Gasteiger partial charge in [-0.25, -0.2) is 4.79 Å². The van der Waals surface area contributed by atoms with E-state index >= 15 is 0 Å². The number of rotatable bonds is 6. The van der Waals surface area contributed by atoms with Crippen LogP contribution in [0.25, 0.3) is 6.08 Å². The molecule has 5 heteroatoms. The second-order valence-corrected chi connectivity index (χ2v) is 6.80. The number of esters is 1. The summed E-state index contributed by atoms with van der Waals surface area (Å²) in [6.45, 7) is 6.14. The number of amides is 1. The number of anilines is 1. The Labute approximate surface area is 165 Å². The van der Waals surface area contributed by atoms with Gasteiger partial charge in [-0.05, 0) is 62.6 Å². The summed E-state index contributed by atoms with van der Waals surface area (Å²) in [6, 6.07) is 15.3. The molecule has 5 nitrogen and oxygen atoms in total. The minimum absolute atomic E-state index is 0.0467. The van der Waals surface area contributed by atoms with Gasteiger partial charge in [0.15, 0.2) is 6.10 Å². The van der Waals surface area contributed by atoms with E-state index in [0.29, 0.717) is 6.61 Å². The lowest BCUT2D eigenvalue weighted by atomic mass is 10.1. The SMILES string of the molecule is CCOc1ccc(/C=C/C(=O)O[C@@H](C)C(=O)N2c3ccccc3C[C@H]2C)cc1. The zero-order valence-electron chi connectivity index (χ0n) is 16.4. The molecular formula is C23H25NO4. The maximum atomic E-state index is 12.8. The molecule has 0 saturated heterocycles. The Bertz CT molecular complexity index is 872. The summed E-state index contributed by atoms with van der Waals surface area (Å²) in [6.07, 6.45) is 2.94. The third kappa shape index (κ3) is 4.42. The van der Waals surface area contributed by atoms with Gasteiger partial charge in [0.1, 0.15) is 5.75 Å². The number of nitrogens with zero attached hydrogens (tertiary/aromatic N) is 1. The maximum Gasteiger partial charge on any atom is 0.331 e. The third-order valence-electron chi connectivity index (χ3n) is 4.69. The lowest BCUT2D eigenvalue weighted by Crippen LogP contribution is -2.43. The van der Waals surface area contributed by atoms with Gasteiger partial charge >= 0.3 is 5.97 Å². The van der Waals surface area contributed by atoms with Gasteiger partial charge in [-0.2, -0.15) is 0 Å². The van der Waals surface area contributed by atoms with Crippen molar-refractivity contribution in [2.75, 3.05) is 11.5 Å². The molecule has 1 amide bonds. The Morgan fingerprint density at radius 2 is 1.89 bits per heavy atom. The highest BCUT2D eigenvalue weighted by Crippen LogP contribution is 2.32. The van der Waals surface area contributed by atoms with Crippen LogP contribution in [0.5, 0.6) is 5.75 Å². The zero-order chi connectivity index (χ0) is 20.1. The molecule has 2 aromatic carbocycles. The molecule has 0 bridgehead atoms. The van der Waals surface area contributed by atoms with E-state index in [4.69, 9.17) is 9.47 Å². The summed E-state index contributed by atoms with van der Waals surface area (Å²) in [4.78, 5) is 26.7. The Hall–Kier alpha value is -3.08. The molecule has 0 saturated carbocycles. The molecule has 0 radical (unpaired) electrons. The molecule has 0 N–H and O–H groups in total. The van der Waals surface area contributed by atoms with E-state index in [9.17, 15) is 9.59 Å². The van der Waals surface area contributed by atoms with Crippen LogP contribution >= 0.6 is 0 Å². The van der Waals surface area contributed by atoms with Crippen molar-refractivity contribution in [2.24, 2.45) is 0 Å². The Kier molecular flexibility index (Phi) is 6.14. The van der Waals surface area contributed by atoms with Crippen LogP contribution in [0.2, 0.25) is 0 Å². The highest BCUT2D eigenvalue weighted by Gasteiger charge is 2.34. The Morgan fingerprint density at radius 1 is 1.18 bits per heavy atom. The Morgan fingerprint density at radius 3 is 2.61 bits per heavy atom. The highest BCUT2D eigenvalue weighted by atomic mass is 16.5.